The zero-order valence-electron chi connectivity index (χ0n) is 10.9. The van der Waals surface area contributed by atoms with Crippen LogP contribution in [-0.2, 0) is 0 Å². The van der Waals surface area contributed by atoms with Crippen LogP contribution in [0.2, 0.25) is 0 Å². The summed E-state index contributed by atoms with van der Waals surface area (Å²) >= 11 is 3.53. The number of nitrogens with zero attached hydrogens (tertiary/aromatic N) is 2. The largest absolute Gasteiger partial charge is 0.369 e. The van der Waals surface area contributed by atoms with Crippen molar-refractivity contribution in [1.29, 1.82) is 0 Å². The van der Waals surface area contributed by atoms with Crippen LogP contribution < -0.4 is 10.6 Å². The van der Waals surface area contributed by atoms with E-state index < -0.39 is 0 Å². The molecule has 1 rings (SSSR count). The third-order valence-electron chi connectivity index (χ3n) is 2.34. The molecular weight excluding hydrogens is 280 g/mol. The lowest BCUT2D eigenvalue weighted by molar-refractivity contribution is 0.538. The van der Waals surface area contributed by atoms with Crippen LogP contribution in [0.1, 0.15) is 34.1 Å². The number of nitrogens with one attached hydrogen (secondary N) is 2. The maximum absolute atomic E-state index is 4.26. The summed E-state index contributed by atoms with van der Waals surface area (Å²) in [4.78, 5) is 8.45. The molecule has 0 fully saturated rings. The summed E-state index contributed by atoms with van der Waals surface area (Å²) in [6.45, 7) is 9.50. The molecule has 1 aromatic heterocycles. The van der Waals surface area contributed by atoms with E-state index in [0.29, 0.717) is 12.0 Å². The lowest BCUT2D eigenvalue weighted by Crippen LogP contribution is -2.19. The van der Waals surface area contributed by atoms with Gasteiger partial charge in [-0.1, -0.05) is 13.8 Å². The minimum absolute atomic E-state index is 0.399. The van der Waals surface area contributed by atoms with Crippen molar-refractivity contribution < 1.29 is 0 Å². The van der Waals surface area contributed by atoms with E-state index in [1.165, 1.54) is 0 Å². The van der Waals surface area contributed by atoms with Crippen LogP contribution in [-0.4, -0.2) is 22.6 Å². The van der Waals surface area contributed by atoms with E-state index in [4.69, 9.17) is 0 Å². The molecule has 0 bridgehead atoms. The second-order valence-electron chi connectivity index (χ2n) is 4.59. The van der Waals surface area contributed by atoms with Crippen molar-refractivity contribution in [2.24, 2.45) is 5.92 Å². The van der Waals surface area contributed by atoms with Crippen LogP contribution in [0.3, 0.4) is 0 Å². The van der Waals surface area contributed by atoms with Gasteiger partial charge in [-0.05, 0) is 42.1 Å². The number of hydrogen-bond donors (Lipinski definition) is 2. The molecule has 17 heavy (non-hydrogen) atoms. The molecule has 0 saturated heterocycles. The smallest absolute Gasteiger partial charge is 0.146 e. The first-order valence-corrected chi connectivity index (χ1v) is 6.84. The summed E-state index contributed by atoms with van der Waals surface area (Å²) in [5.74, 6) is 2.36. The third kappa shape index (κ3) is 4.50. The van der Waals surface area contributed by atoms with Crippen molar-refractivity contribution in [2.45, 2.75) is 40.2 Å². The molecule has 0 aliphatic rings. The van der Waals surface area contributed by atoms with Gasteiger partial charge in [0, 0.05) is 12.6 Å². The molecule has 2 N–H and O–H groups in total. The van der Waals surface area contributed by atoms with Gasteiger partial charge < -0.3 is 10.6 Å². The van der Waals surface area contributed by atoms with E-state index in [0.717, 1.165) is 29.1 Å². The molecule has 96 valence electrons. The van der Waals surface area contributed by atoms with Crippen LogP contribution in [0.4, 0.5) is 11.6 Å². The Hall–Kier alpha value is -0.840. The average Bonchev–Trinajstić information content (AvgIpc) is 2.23. The van der Waals surface area contributed by atoms with Crippen LogP contribution in [0.15, 0.2) is 10.8 Å². The van der Waals surface area contributed by atoms with E-state index in [2.05, 4.69) is 57.3 Å². The number of aromatic nitrogens is 2. The summed E-state index contributed by atoms with van der Waals surface area (Å²) < 4.78 is 0.900. The number of hydrogen-bond acceptors (Lipinski definition) is 4. The minimum Gasteiger partial charge on any atom is -0.369 e. The molecular formula is C12H21BrN4. The summed E-state index contributed by atoms with van der Waals surface area (Å²) in [5, 5.41) is 6.59. The van der Waals surface area contributed by atoms with Gasteiger partial charge in [0.05, 0.1) is 0 Å². The Labute approximate surface area is 112 Å². The summed E-state index contributed by atoms with van der Waals surface area (Å²) in [6.07, 6.45) is 2.69. The van der Waals surface area contributed by atoms with Crippen LogP contribution in [0.5, 0.6) is 0 Å². The van der Waals surface area contributed by atoms with Gasteiger partial charge in [0.2, 0.25) is 0 Å². The highest BCUT2D eigenvalue weighted by atomic mass is 79.9. The molecule has 0 aromatic carbocycles. The second kappa shape index (κ2) is 6.79. The Kier molecular flexibility index (Phi) is 5.68. The summed E-state index contributed by atoms with van der Waals surface area (Å²) in [6, 6.07) is 0.399. The zero-order valence-corrected chi connectivity index (χ0v) is 12.5. The Balaban J connectivity index is 2.73. The normalized spacial score (nSPS) is 12.6. The van der Waals surface area contributed by atoms with E-state index >= 15 is 0 Å². The Morgan fingerprint density at radius 3 is 2.47 bits per heavy atom. The van der Waals surface area contributed by atoms with Gasteiger partial charge in [-0.3, -0.25) is 0 Å². The first kappa shape index (κ1) is 14.2. The highest BCUT2D eigenvalue weighted by molar-refractivity contribution is 9.10. The molecule has 4 nitrogen and oxygen atoms in total. The molecule has 1 heterocycles. The number of anilines is 2. The van der Waals surface area contributed by atoms with E-state index in [1.807, 2.05) is 6.92 Å². The molecule has 0 aliphatic heterocycles. The van der Waals surface area contributed by atoms with Crippen molar-refractivity contribution >= 4 is 27.6 Å². The van der Waals surface area contributed by atoms with E-state index in [-0.39, 0.29) is 0 Å². The van der Waals surface area contributed by atoms with Crippen molar-refractivity contribution in [3.8, 4) is 0 Å². The standard InChI is InChI=1S/C12H21BrN4/c1-5-14-11-10(13)12(16-7-15-11)17-9(4)6-8(2)3/h7-9H,5-6H2,1-4H3,(H2,14,15,16,17). The first-order chi connectivity index (χ1) is 8.04. The lowest BCUT2D eigenvalue weighted by atomic mass is 10.1. The minimum atomic E-state index is 0.399. The van der Waals surface area contributed by atoms with Crippen molar-refractivity contribution in [2.75, 3.05) is 17.2 Å². The van der Waals surface area contributed by atoms with Crippen LogP contribution in [0, 0.1) is 5.92 Å². The van der Waals surface area contributed by atoms with Crippen molar-refractivity contribution in [3.63, 3.8) is 0 Å². The average molecular weight is 301 g/mol. The van der Waals surface area contributed by atoms with Gasteiger partial charge in [0.15, 0.2) is 0 Å². The van der Waals surface area contributed by atoms with Gasteiger partial charge in [0.25, 0.3) is 0 Å². The van der Waals surface area contributed by atoms with Crippen LogP contribution >= 0.6 is 15.9 Å². The van der Waals surface area contributed by atoms with Gasteiger partial charge in [-0.15, -0.1) is 0 Å². The Morgan fingerprint density at radius 2 is 1.88 bits per heavy atom. The number of rotatable bonds is 6. The third-order valence-corrected chi connectivity index (χ3v) is 3.09. The van der Waals surface area contributed by atoms with Gasteiger partial charge >= 0.3 is 0 Å². The summed E-state index contributed by atoms with van der Waals surface area (Å²) in [5.41, 5.74) is 0. The fraction of sp³-hybridized carbons (Fsp3) is 0.667. The monoisotopic (exact) mass is 300 g/mol. The van der Waals surface area contributed by atoms with E-state index in [9.17, 15) is 0 Å². The highest BCUT2D eigenvalue weighted by Crippen LogP contribution is 2.27. The van der Waals surface area contributed by atoms with Gasteiger partial charge in [-0.2, -0.15) is 0 Å². The SMILES string of the molecule is CCNc1ncnc(NC(C)CC(C)C)c1Br. The van der Waals surface area contributed by atoms with Crippen LogP contribution in [0.25, 0.3) is 0 Å². The van der Waals surface area contributed by atoms with E-state index in [1.54, 1.807) is 6.33 Å². The fourth-order valence-corrected chi connectivity index (χ4v) is 2.22. The molecule has 1 aromatic rings. The Morgan fingerprint density at radius 1 is 1.24 bits per heavy atom. The zero-order chi connectivity index (χ0) is 12.8. The molecule has 0 radical (unpaired) electrons. The Bertz CT molecular complexity index is 354. The molecule has 0 saturated carbocycles. The van der Waals surface area contributed by atoms with Gasteiger partial charge in [-0.25, -0.2) is 9.97 Å². The number of halogens is 1. The topological polar surface area (TPSA) is 49.8 Å². The maximum atomic E-state index is 4.26. The first-order valence-electron chi connectivity index (χ1n) is 6.05. The molecule has 5 heteroatoms. The predicted molar refractivity (Wildman–Crippen MR) is 76.4 cm³/mol. The predicted octanol–water partition coefficient (Wildman–Crippen LogP) is 3.52. The molecule has 0 amide bonds. The van der Waals surface area contributed by atoms with Crippen molar-refractivity contribution in [3.05, 3.63) is 10.8 Å². The fourth-order valence-electron chi connectivity index (χ4n) is 1.76. The van der Waals surface area contributed by atoms with Crippen molar-refractivity contribution in [1.82, 2.24) is 9.97 Å². The lowest BCUT2D eigenvalue weighted by Gasteiger charge is -2.18. The molecule has 1 atom stereocenters. The van der Waals surface area contributed by atoms with Gasteiger partial charge in [0.1, 0.15) is 22.4 Å². The molecule has 0 spiro atoms. The highest BCUT2D eigenvalue weighted by Gasteiger charge is 2.11. The molecule has 1 unspecified atom stereocenters. The molecule has 0 aliphatic carbocycles. The summed E-state index contributed by atoms with van der Waals surface area (Å²) in [7, 11) is 0. The maximum Gasteiger partial charge on any atom is 0.146 e. The quantitative estimate of drug-likeness (QED) is 0.844. The second-order valence-corrected chi connectivity index (χ2v) is 5.38.